The first kappa shape index (κ1) is 13.4. The summed E-state index contributed by atoms with van der Waals surface area (Å²) in [6, 6.07) is 7.24. The number of aryl methyl sites for hydroxylation is 2. The van der Waals surface area contributed by atoms with Crippen molar-refractivity contribution in [2.75, 3.05) is 18.0 Å². The van der Waals surface area contributed by atoms with Crippen LogP contribution in [0.1, 0.15) is 43.7 Å². The third-order valence-corrected chi connectivity index (χ3v) is 3.79. The van der Waals surface area contributed by atoms with Crippen molar-refractivity contribution in [1.82, 2.24) is 0 Å². The van der Waals surface area contributed by atoms with Gasteiger partial charge in [0.2, 0.25) is 0 Å². The number of unbranched alkanes of at least 4 members (excludes halogenated alkanes) is 1. The van der Waals surface area contributed by atoms with Crippen LogP contribution in [0.4, 0.5) is 5.69 Å². The topological polar surface area (TPSA) is 29.3 Å². The minimum atomic E-state index is 0.348. The van der Waals surface area contributed by atoms with Crippen LogP contribution in [0.3, 0.4) is 0 Å². The predicted octanol–water partition coefficient (Wildman–Crippen LogP) is 3.27. The Morgan fingerprint density at radius 2 is 2.17 bits per heavy atom. The SMILES string of the molecule is Cc1ccc2c(c1)CCCN2CCCCC(C)N. The number of nitrogens with zero attached hydrogens (tertiary/aromatic N) is 1. The van der Waals surface area contributed by atoms with Gasteiger partial charge in [-0.3, -0.25) is 0 Å². The molecule has 2 nitrogen and oxygen atoms in total. The summed E-state index contributed by atoms with van der Waals surface area (Å²) in [5, 5.41) is 0. The molecule has 0 saturated carbocycles. The Kier molecular flexibility index (Phi) is 4.65. The molecule has 18 heavy (non-hydrogen) atoms. The standard InChI is InChI=1S/C16H26N2/c1-13-8-9-16-15(12-13)7-5-11-18(16)10-4-3-6-14(2)17/h8-9,12,14H,3-7,10-11,17H2,1-2H3. The van der Waals surface area contributed by atoms with E-state index in [9.17, 15) is 0 Å². The lowest BCUT2D eigenvalue weighted by molar-refractivity contribution is 0.579. The summed E-state index contributed by atoms with van der Waals surface area (Å²) < 4.78 is 0. The number of benzene rings is 1. The molecule has 0 radical (unpaired) electrons. The van der Waals surface area contributed by atoms with Gasteiger partial charge in [0, 0.05) is 24.8 Å². The highest BCUT2D eigenvalue weighted by molar-refractivity contribution is 5.56. The van der Waals surface area contributed by atoms with Gasteiger partial charge in [-0.15, -0.1) is 0 Å². The van der Waals surface area contributed by atoms with E-state index in [4.69, 9.17) is 5.73 Å². The van der Waals surface area contributed by atoms with E-state index in [-0.39, 0.29) is 0 Å². The fraction of sp³-hybridized carbons (Fsp3) is 0.625. The fourth-order valence-electron chi connectivity index (χ4n) is 2.81. The highest BCUT2D eigenvalue weighted by Crippen LogP contribution is 2.28. The molecule has 0 fully saturated rings. The Bertz CT molecular complexity index is 385. The molecule has 1 aromatic rings. The number of hydrogen-bond acceptors (Lipinski definition) is 2. The van der Waals surface area contributed by atoms with Crippen LogP contribution in [0.25, 0.3) is 0 Å². The summed E-state index contributed by atoms with van der Waals surface area (Å²) in [6.45, 7) is 6.68. The van der Waals surface area contributed by atoms with Crippen molar-refractivity contribution in [3.05, 3.63) is 29.3 Å². The van der Waals surface area contributed by atoms with Gasteiger partial charge >= 0.3 is 0 Å². The summed E-state index contributed by atoms with van der Waals surface area (Å²) >= 11 is 0. The van der Waals surface area contributed by atoms with Gasteiger partial charge in [-0.1, -0.05) is 24.1 Å². The summed E-state index contributed by atoms with van der Waals surface area (Å²) in [6.07, 6.45) is 6.19. The Labute approximate surface area is 111 Å². The molecule has 1 aliphatic rings. The monoisotopic (exact) mass is 246 g/mol. The zero-order chi connectivity index (χ0) is 13.0. The van der Waals surface area contributed by atoms with Crippen molar-refractivity contribution in [3.63, 3.8) is 0 Å². The van der Waals surface area contributed by atoms with Crippen LogP contribution in [-0.4, -0.2) is 19.1 Å². The number of nitrogens with two attached hydrogens (primary N) is 1. The molecule has 1 heterocycles. The van der Waals surface area contributed by atoms with E-state index in [0.29, 0.717) is 6.04 Å². The van der Waals surface area contributed by atoms with E-state index < -0.39 is 0 Å². The number of fused-ring (bicyclic) bond motifs is 1. The number of anilines is 1. The molecule has 2 rings (SSSR count). The molecule has 2 heteroatoms. The molecule has 0 spiro atoms. The molecule has 1 aliphatic heterocycles. The summed E-state index contributed by atoms with van der Waals surface area (Å²) in [4.78, 5) is 2.56. The van der Waals surface area contributed by atoms with Crippen LogP contribution < -0.4 is 10.6 Å². The summed E-state index contributed by atoms with van der Waals surface area (Å²) in [5.74, 6) is 0. The lowest BCUT2D eigenvalue weighted by atomic mass is 9.99. The third kappa shape index (κ3) is 3.49. The summed E-state index contributed by atoms with van der Waals surface area (Å²) in [5.41, 5.74) is 10.2. The first-order valence-corrected chi connectivity index (χ1v) is 7.27. The molecule has 1 atom stereocenters. The normalized spacial score (nSPS) is 16.5. The van der Waals surface area contributed by atoms with E-state index >= 15 is 0 Å². The van der Waals surface area contributed by atoms with Crippen LogP contribution in [0.5, 0.6) is 0 Å². The maximum Gasteiger partial charge on any atom is 0.0398 e. The molecule has 0 amide bonds. The fourth-order valence-corrected chi connectivity index (χ4v) is 2.81. The lowest BCUT2D eigenvalue weighted by Crippen LogP contribution is -2.30. The Morgan fingerprint density at radius 3 is 2.94 bits per heavy atom. The van der Waals surface area contributed by atoms with Gasteiger partial charge in [0.25, 0.3) is 0 Å². The number of rotatable bonds is 5. The van der Waals surface area contributed by atoms with Crippen LogP contribution in [-0.2, 0) is 6.42 Å². The van der Waals surface area contributed by atoms with Crippen molar-refractivity contribution in [3.8, 4) is 0 Å². The molecule has 0 saturated heterocycles. The van der Waals surface area contributed by atoms with E-state index in [1.807, 2.05) is 0 Å². The summed E-state index contributed by atoms with van der Waals surface area (Å²) in [7, 11) is 0. The Morgan fingerprint density at radius 1 is 1.33 bits per heavy atom. The van der Waals surface area contributed by atoms with Crippen molar-refractivity contribution in [2.45, 2.75) is 52.0 Å². The smallest absolute Gasteiger partial charge is 0.0398 e. The molecule has 0 aliphatic carbocycles. The van der Waals surface area contributed by atoms with E-state index in [1.54, 1.807) is 0 Å². The molecule has 2 N–H and O–H groups in total. The molecule has 100 valence electrons. The van der Waals surface area contributed by atoms with Crippen molar-refractivity contribution < 1.29 is 0 Å². The zero-order valence-corrected chi connectivity index (χ0v) is 11.8. The highest BCUT2D eigenvalue weighted by Gasteiger charge is 2.15. The van der Waals surface area contributed by atoms with Gasteiger partial charge in [-0.05, 0) is 51.2 Å². The predicted molar refractivity (Wildman–Crippen MR) is 79.2 cm³/mol. The zero-order valence-electron chi connectivity index (χ0n) is 11.8. The van der Waals surface area contributed by atoms with Gasteiger partial charge in [-0.25, -0.2) is 0 Å². The lowest BCUT2D eigenvalue weighted by Gasteiger charge is -2.31. The van der Waals surface area contributed by atoms with Gasteiger partial charge in [0.05, 0.1) is 0 Å². The highest BCUT2D eigenvalue weighted by atomic mass is 15.1. The molecule has 0 bridgehead atoms. The minimum Gasteiger partial charge on any atom is -0.371 e. The van der Waals surface area contributed by atoms with E-state index in [2.05, 4.69) is 36.9 Å². The molecular formula is C16H26N2. The number of hydrogen-bond donors (Lipinski definition) is 1. The van der Waals surface area contributed by atoms with Crippen molar-refractivity contribution >= 4 is 5.69 Å². The molecule has 0 aromatic heterocycles. The minimum absolute atomic E-state index is 0.348. The maximum absolute atomic E-state index is 5.79. The van der Waals surface area contributed by atoms with Crippen molar-refractivity contribution in [1.29, 1.82) is 0 Å². The van der Waals surface area contributed by atoms with Gasteiger partial charge in [0.15, 0.2) is 0 Å². The van der Waals surface area contributed by atoms with Crippen LogP contribution in [0.2, 0.25) is 0 Å². The average molecular weight is 246 g/mol. The van der Waals surface area contributed by atoms with Gasteiger partial charge in [-0.2, -0.15) is 0 Å². The quantitative estimate of drug-likeness (QED) is 0.808. The Balaban J connectivity index is 1.91. The largest absolute Gasteiger partial charge is 0.371 e. The maximum atomic E-state index is 5.79. The van der Waals surface area contributed by atoms with Gasteiger partial charge < -0.3 is 10.6 Å². The molecule has 1 aromatic carbocycles. The van der Waals surface area contributed by atoms with Crippen molar-refractivity contribution in [2.24, 2.45) is 5.73 Å². The van der Waals surface area contributed by atoms with E-state index in [1.165, 1.54) is 55.6 Å². The molecular weight excluding hydrogens is 220 g/mol. The van der Waals surface area contributed by atoms with Crippen LogP contribution in [0.15, 0.2) is 18.2 Å². The van der Waals surface area contributed by atoms with Crippen LogP contribution in [0, 0.1) is 6.92 Å². The first-order chi connectivity index (χ1) is 8.66. The van der Waals surface area contributed by atoms with Gasteiger partial charge in [0.1, 0.15) is 0 Å². The average Bonchev–Trinajstić information content (AvgIpc) is 2.34. The third-order valence-electron chi connectivity index (χ3n) is 3.79. The molecule has 1 unspecified atom stereocenters. The second-order valence-corrected chi connectivity index (χ2v) is 5.70. The second-order valence-electron chi connectivity index (χ2n) is 5.70. The van der Waals surface area contributed by atoms with E-state index in [0.717, 1.165) is 6.42 Å². The first-order valence-electron chi connectivity index (χ1n) is 7.27. The van der Waals surface area contributed by atoms with Crippen LogP contribution >= 0.6 is 0 Å². The second kappa shape index (κ2) is 6.24. The Hall–Kier alpha value is -1.02.